The Morgan fingerprint density at radius 3 is 2.25 bits per heavy atom. The second kappa shape index (κ2) is 15.7. The number of hydrogen-bond donors (Lipinski definition) is 4. The van der Waals surface area contributed by atoms with Crippen LogP contribution in [0.1, 0.15) is 34.1 Å². The first kappa shape index (κ1) is 27.9. The number of ether oxygens (including phenoxy) is 1. The van der Waals surface area contributed by atoms with Gasteiger partial charge in [-0.2, -0.15) is 11.8 Å². The highest BCUT2D eigenvalue weighted by Gasteiger charge is 2.30. The summed E-state index contributed by atoms with van der Waals surface area (Å²) in [5.41, 5.74) is 5.94. The van der Waals surface area contributed by atoms with Gasteiger partial charge < -0.3 is 26.0 Å². The van der Waals surface area contributed by atoms with Crippen LogP contribution in [0.3, 0.4) is 0 Å². The number of nitrogens with two attached hydrogens (primary N) is 1. The second-order valence-electron chi connectivity index (χ2n) is 6.01. The molecule has 0 saturated carbocycles. The molecule has 0 spiro atoms. The molecule has 1 aromatic heterocycles. The highest BCUT2D eigenvalue weighted by atomic mass is 32.2. The zero-order chi connectivity index (χ0) is 22.2. The molecule has 1 amide bonds. The molecule has 0 saturated heterocycles. The van der Waals surface area contributed by atoms with Gasteiger partial charge in [0.05, 0.1) is 18.8 Å². The van der Waals surface area contributed by atoms with E-state index in [9.17, 15) is 4.79 Å². The second-order valence-corrected chi connectivity index (χ2v) is 7.47. The molecule has 1 rings (SSSR count). The number of carboxylic acids is 2. The van der Waals surface area contributed by atoms with Crippen molar-refractivity contribution in [2.75, 3.05) is 19.4 Å². The van der Waals surface area contributed by atoms with Crippen LogP contribution in [0, 0.1) is 0 Å². The lowest BCUT2D eigenvalue weighted by Crippen LogP contribution is -2.52. The number of carbonyl (C=O) groups excluding carboxylic acids is 1. The molecule has 1 atom stereocenters. The summed E-state index contributed by atoms with van der Waals surface area (Å²) in [6, 6.07) is 3.15. The topological polar surface area (TPSA) is 152 Å². The molecule has 160 valence electrons. The highest BCUT2D eigenvalue weighted by Crippen LogP contribution is 2.24. The minimum atomic E-state index is -0.833. The van der Waals surface area contributed by atoms with Crippen molar-refractivity contribution >= 4 is 29.6 Å². The molecule has 5 N–H and O–H groups in total. The normalized spacial score (nSPS) is 10.9. The quantitative estimate of drug-likeness (QED) is 0.462. The summed E-state index contributed by atoms with van der Waals surface area (Å²) in [6.07, 6.45) is 6.04. The molecular formula is C18H31N3O6S. The van der Waals surface area contributed by atoms with Crippen LogP contribution >= 0.6 is 11.8 Å². The number of rotatable bonds is 8. The molecule has 0 aromatic carbocycles. The fraction of sp³-hybridized carbons (Fsp3) is 0.556. The van der Waals surface area contributed by atoms with Gasteiger partial charge in [-0.1, -0.05) is 0 Å². The van der Waals surface area contributed by atoms with Crippen molar-refractivity contribution in [2.45, 2.75) is 44.9 Å². The van der Waals surface area contributed by atoms with E-state index in [4.69, 9.17) is 30.3 Å². The molecule has 0 aliphatic heterocycles. The van der Waals surface area contributed by atoms with Crippen LogP contribution in [0.5, 0.6) is 5.75 Å². The molecule has 10 heteroatoms. The molecule has 0 fully saturated rings. The highest BCUT2D eigenvalue weighted by molar-refractivity contribution is 8.00. The van der Waals surface area contributed by atoms with Crippen LogP contribution in [0.25, 0.3) is 0 Å². The maximum atomic E-state index is 11.9. The Bertz CT molecular complexity index is 564. The van der Waals surface area contributed by atoms with E-state index in [1.165, 1.54) is 0 Å². The third-order valence-corrected chi connectivity index (χ3v) is 4.39. The maximum Gasteiger partial charge on any atom is 0.300 e. The first-order valence-corrected chi connectivity index (χ1v) is 9.66. The van der Waals surface area contributed by atoms with E-state index in [0.29, 0.717) is 13.2 Å². The van der Waals surface area contributed by atoms with Gasteiger partial charge in [-0.25, -0.2) is 0 Å². The smallest absolute Gasteiger partial charge is 0.300 e. The number of carboxylic acid groups (broad SMARTS) is 2. The van der Waals surface area contributed by atoms with Crippen LogP contribution in [-0.4, -0.2) is 63.2 Å². The summed E-state index contributed by atoms with van der Waals surface area (Å²) < 4.78 is 5.22. The molecule has 1 aromatic rings. The molecular weight excluding hydrogens is 386 g/mol. The lowest BCUT2D eigenvalue weighted by Gasteiger charge is -2.28. The van der Waals surface area contributed by atoms with Gasteiger partial charge in [0.25, 0.3) is 11.9 Å². The lowest BCUT2D eigenvalue weighted by molar-refractivity contribution is -0.135. The van der Waals surface area contributed by atoms with E-state index in [-0.39, 0.29) is 10.7 Å². The molecule has 9 nitrogen and oxygen atoms in total. The average molecular weight is 418 g/mol. The van der Waals surface area contributed by atoms with Crippen molar-refractivity contribution in [3.8, 4) is 5.75 Å². The molecule has 28 heavy (non-hydrogen) atoms. The molecule has 0 aliphatic carbocycles. The number of amides is 1. The number of nitrogens with zero attached hydrogens (tertiary/aromatic N) is 1. The maximum absolute atomic E-state index is 11.9. The average Bonchev–Trinajstić information content (AvgIpc) is 2.60. The molecule has 0 unspecified atom stereocenters. The van der Waals surface area contributed by atoms with Crippen molar-refractivity contribution in [3.05, 3.63) is 24.5 Å². The summed E-state index contributed by atoms with van der Waals surface area (Å²) >= 11 is 1.59. The summed E-state index contributed by atoms with van der Waals surface area (Å²) in [4.78, 5) is 33.8. The number of thioether (sulfide) groups is 1. The van der Waals surface area contributed by atoms with E-state index >= 15 is 0 Å². The van der Waals surface area contributed by atoms with Crippen molar-refractivity contribution in [2.24, 2.45) is 5.73 Å². The van der Waals surface area contributed by atoms with Gasteiger partial charge in [-0.05, 0) is 38.7 Å². The van der Waals surface area contributed by atoms with E-state index in [2.05, 4.69) is 10.3 Å². The first-order chi connectivity index (χ1) is 12.9. The number of pyridine rings is 1. The fourth-order valence-electron chi connectivity index (χ4n) is 1.46. The lowest BCUT2D eigenvalue weighted by atomic mass is 10.0. The SMILES string of the molecule is CC(=O)O.CC(=O)O.CSC(C)(C)[C@H](N)C(=O)NCCCOc1cccnc1. The number of aromatic nitrogens is 1. The van der Waals surface area contributed by atoms with Gasteiger partial charge in [0, 0.05) is 31.3 Å². The molecule has 0 aliphatic rings. The zero-order valence-electron chi connectivity index (χ0n) is 17.0. The van der Waals surface area contributed by atoms with Crippen molar-refractivity contribution in [1.29, 1.82) is 0 Å². The Kier molecular flexibility index (Phi) is 15.6. The van der Waals surface area contributed by atoms with Crippen molar-refractivity contribution < 1.29 is 29.3 Å². The summed E-state index contributed by atoms with van der Waals surface area (Å²) in [5.74, 6) is -1.05. The number of carbonyl (C=O) groups is 3. The van der Waals surface area contributed by atoms with E-state index < -0.39 is 18.0 Å². The number of hydrogen-bond acceptors (Lipinski definition) is 7. The Morgan fingerprint density at radius 2 is 1.82 bits per heavy atom. The molecule has 0 radical (unpaired) electrons. The predicted octanol–water partition coefficient (Wildman–Crippen LogP) is 1.62. The third kappa shape index (κ3) is 17.1. The van der Waals surface area contributed by atoms with Crippen molar-refractivity contribution in [1.82, 2.24) is 10.3 Å². The largest absolute Gasteiger partial charge is 0.492 e. The Balaban J connectivity index is 0. The minimum Gasteiger partial charge on any atom is -0.492 e. The number of nitrogens with one attached hydrogen (secondary N) is 1. The van der Waals surface area contributed by atoms with Gasteiger partial charge in [-0.15, -0.1) is 0 Å². The Hall–Kier alpha value is -2.33. The van der Waals surface area contributed by atoms with Gasteiger partial charge >= 0.3 is 0 Å². The summed E-state index contributed by atoms with van der Waals surface area (Å²) in [6.45, 7) is 7.19. The molecule has 1 heterocycles. The summed E-state index contributed by atoms with van der Waals surface area (Å²) in [7, 11) is 0. The van der Waals surface area contributed by atoms with E-state index in [0.717, 1.165) is 26.0 Å². The zero-order valence-corrected chi connectivity index (χ0v) is 17.8. The van der Waals surface area contributed by atoms with Crippen LogP contribution < -0.4 is 15.8 Å². The van der Waals surface area contributed by atoms with Crippen LogP contribution in [0.4, 0.5) is 0 Å². The number of aliphatic carboxylic acids is 2. The van der Waals surface area contributed by atoms with Gasteiger partial charge in [-0.3, -0.25) is 19.4 Å². The third-order valence-electron chi connectivity index (χ3n) is 3.08. The predicted molar refractivity (Wildman–Crippen MR) is 110 cm³/mol. The first-order valence-electron chi connectivity index (χ1n) is 8.44. The van der Waals surface area contributed by atoms with Crippen LogP contribution in [0.2, 0.25) is 0 Å². The van der Waals surface area contributed by atoms with E-state index in [1.54, 1.807) is 24.2 Å². The summed E-state index contributed by atoms with van der Waals surface area (Å²) in [5, 5.41) is 17.7. The Morgan fingerprint density at radius 1 is 1.29 bits per heavy atom. The minimum absolute atomic E-state index is 0.120. The van der Waals surface area contributed by atoms with Crippen LogP contribution in [0.15, 0.2) is 24.5 Å². The van der Waals surface area contributed by atoms with Gasteiger partial charge in [0.15, 0.2) is 0 Å². The standard InChI is InChI=1S/C14H23N3O2S.2C2H4O2/c1-14(2,20-3)12(15)13(18)17-8-5-9-19-11-6-4-7-16-10-11;2*1-2(3)4/h4,6-7,10,12H,5,8-9,15H2,1-3H3,(H,17,18);2*1H3,(H,3,4)/t12-;;/m1../s1. The van der Waals surface area contributed by atoms with Gasteiger partial charge in [0.2, 0.25) is 5.91 Å². The van der Waals surface area contributed by atoms with E-state index in [1.807, 2.05) is 32.2 Å². The monoisotopic (exact) mass is 417 g/mol. The van der Waals surface area contributed by atoms with Crippen molar-refractivity contribution in [3.63, 3.8) is 0 Å². The fourth-order valence-corrected chi connectivity index (χ4v) is 1.82. The Labute approximate surface area is 170 Å². The van der Waals surface area contributed by atoms with Gasteiger partial charge in [0.1, 0.15) is 5.75 Å². The molecule has 0 bridgehead atoms. The van der Waals surface area contributed by atoms with Crippen LogP contribution in [-0.2, 0) is 14.4 Å².